The molecular formula is C25H23F3N4O4S. The molecule has 0 radical (unpaired) electrons. The third-order valence-electron chi connectivity index (χ3n) is 5.27. The van der Waals surface area contributed by atoms with Gasteiger partial charge in [0.15, 0.2) is 17.3 Å². The van der Waals surface area contributed by atoms with Crippen LogP contribution in [0.3, 0.4) is 0 Å². The second-order valence-electron chi connectivity index (χ2n) is 7.98. The molecule has 0 saturated carbocycles. The summed E-state index contributed by atoms with van der Waals surface area (Å²) in [5.74, 6) is 0.339. The topological polar surface area (TPSA) is 96.6 Å². The van der Waals surface area contributed by atoms with Crippen LogP contribution in [0.15, 0.2) is 52.1 Å². The van der Waals surface area contributed by atoms with Crippen molar-refractivity contribution in [1.29, 1.82) is 5.41 Å². The van der Waals surface area contributed by atoms with Crippen LogP contribution < -0.4 is 14.2 Å². The summed E-state index contributed by atoms with van der Waals surface area (Å²) in [5, 5.41) is 10.9. The molecule has 2 aromatic carbocycles. The van der Waals surface area contributed by atoms with Gasteiger partial charge in [0.1, 0.15) is 19.0 Å². The molecule has 0 fully saturated rings. The minimum Gasteiger partial charge on any atom is -0.490 e. The molecule has 0 spiro atoms. The normalized spacial score (nSPS) is 16.5. The van der Waals surface area contributed by atoms with E-state index in [1.54, 1.807) is 25.1 Å². The molecule has 37 heavy (non-hydrogen) atoms. The van der Waals surface area contributed by atoms with Crippen LogP contribution in [-0.2, 0) is 4.79 Å². The Morgan fingerprint density at radius 1 is 1.05 bits per heavy atom. The number of benzene rings is 2. The van der Waals surface area contributed by atoms with Gasteiger partial charge < -0.3 is 14.2 Å². The molecule has 0 aliphatic carbocycles. The van der Waals surface area contributed by atoms with Crippen LogP contribution >= 0.6 is 11.8 Å². The molecule has 0 atom stereocenters. The van der Waals surface area contributed by atoms with Crippen LogP contribution in [0.5, 0.6) is 17.2 Å². The van der Waals surface area contributed by atoms with E-state index in [-0.39, 0.29) is 29.1 Å². The van der Waals surface area contributed by atoms with E-state index in [1.807, 2.05) is 32.0 Å². The van der Waals surface area contributed by atoms with E-state index in [1.165, 1.54) is 6.08 Å². The molecule has 2 aliphatic rings. The number of fused-ring (bicyclic) bond motifs is 1. The fourth-order valence-corrected chi connectivity index (χ4v) is 4.36. The summed E-state index contributed by atoms with van der Waals surface area (Å²) in [5.41, 5.74) is 2.33. The second kappa shape index (κ2) is 10.7. The maximum atomic E-state index is 13.0. The van der Waals surface area contributed by atoms with Gasteiger partial charge in [-0.2, -0.15) is 28.3 Å². The maximum absolute atomic E-state index is 13.0. The highest BCUT2D eigenvalue weighted by Crippen LogP contribution is 2.36. The lowest BCUT2D eigenvalue weighted by Crippen LogP contribution is -2.35. The number of aliphatic imine (C=N–C) groups is 1. The predicted octanol–water partition coefficient (Wildman–Crippen LogP) is 5.34. The highest BCUT2D eigenvalue weighted by molar-refractivity contribution is 8.27. The highest BCUT2D eigenvalue weighted by atomic mass is 32.2. The lowest BCUT2D eigenvalue weighted by molar-refractivity contribution is -0.114. The summed E-state index contributed by atoms with van der Waals surface area (Å²) < 4.78 is 56.4. The van der Waals surface area contributed by atoms with Crippen molar-refractivity contribution in [2.24, 2.45) is 10.1 Å². The SMILES string of the molecule is CCOc1cc(C=C2C(=N)N3N=C(C(F)(F)F)SC3=NC2=O)ccc1OCCOc1c(C)cccc1C. The van der Waals surface area contributed by atoms with E-state index in [9.17, 15) is 18.0 Å². The third-order valence-corrected chi connectivity index (χ3v) is 6.22. The molecule has 194 valence electrons. The molecule has 12 heteroatoms. The zero-order chi connectivity index (χ0) is 26.7. The van der Waals surface area contributed by atoms with E-state index in [0.717, 1.165) is 16.9 Å². The van der Waals surface area contributed by atoms with E-state index in [2.05, 4.69) is 10.1 Å². The van der Waals surface area contributed by atoms with Crippen LogP contribution in [-0.4, -0.2) is 53.0 Å². The largest absolute Gasteiger partial charge is 0.490 e. The van der Waals surface area contributed by atoms with Crippen LogP contribution in [0, 0.1) is 19.3 Å². The lowest BCUT2D eigenvalue weighted by Gasteiger charge is -2.20. The van der Waals surface area contributed by atoms with Crippen molar-refractivity contribution in [1.82, 2.24) is 5.01 Å². The van der Waals surface area contributed by atoms with E-state index < -0.39 is 23.0 Å². The summed E-state index contributed by atoms with van der Waals surface area (Å²) in [7, 11) is 0. The maximum Gasteiger partial charge on any atom is 0.441 e. The number of amidine groups is 2. The number of hydrogen-bond acceptors (Lipinski definition) is 7. The zero-order valence-corrected chi connectivity index (χ0v) is 21.0. The summed E-state index contributed by atoms with van der Waals surface area (Å²) in [6.45, 7) is 6.65. The van der Waals surface area contributed by atoms with Gasteiger partial charge in [0.05, 0.1) is 12.2 Å². The van der Waals surface area contributed by atoms with Gasteiger partial charge in [0.2, 0.25) is 10.2 Å². The third kappa shape index (κ3) is 5.79. The zero-order valence-electron chi connectivity index (χ0n) is 20.2. The molecule has 4 rings (SSSR count). The van der Waals surface area contributed by atoms with Crippen molar-refractivity contribution in [3.8, 4) is 17.2 Å². The molecule has 0 saturated heterocycles. The number of alkyl halides is 3. The number of carbonyl (C=O) groups is 1. The van der Waals surface area contributed by atoms with E-state index in [0.29, 0.717) is 35.3 Å². The number of carbonyl (C=O) groups excluding carboxylic acids is 1. The Kier molecular flexibility index (Phi) is 7.58. The van der Waals surface area contributed by atoms with E-state index >= 15 is 0 Å². The van der Waals surface area contributed by atoms with Crippen LogP contribution in [0.1, 0.15) is 23.6 Å². The summed E-state index contributed by atoms with van der Waals surface area (Å²) in [6.07, 6.45) is -3.35. The van der Waals surface area contributed by atoms with Gasteiger partial charge in [-0.1, -0.05) is 24.3 Å². The average molecular weight is 533 g/mol. The van der Waals surface area contributed by atoms with Gasteiger partial charge in [0, 0.05) is 0 Å². The standard InChI is InChI=1S/C25H23F3N4O4S/c1-4-34-19-13-16(8-9-18(19)35-10-11-36-20-14(2)6-5-7-15(20)3)12-17-21(29)32-24(30-22(17)33)37-23(31-32)25(26,27)28/h5-9,12-13,29H,4,10-11H2,1-3H3. The van der Waals surface area contributed by atoms with Gasteiger partial charge in [-0.25, -0.2) is 0 Å². The predicted molar refractivity (Wildman–Crippen MR) is 136 cm³/mol. The first-order valence-electron chi connectivity index (χ1n) is 11.2. The van der Waals surface area contributed by atoms with Gasteiger partial charge in [-0.15, -0.1) is 0 Å². The van der Waals surface area contributed by atoms with Crippen molar-refractivity contribution in [3.63, 3.8) is 0 Å². The Hall–Kier alpha value is -3.80. The van der Waals surface area contributed by atoms with Crippen LogP contribution in [0.25, 0.3) is 6.08 Å². The van der Waals surface area contributed by atoms with Gasteiger partial charge in [-0.05, 0) is 67.4 Å². The molecular weight excluding hydrogens is 509 g/mol. The monoisotopic (exact) mass is 532 g/mol. The number of hydrogen-bond donors (Lipinski definition) is 1. The number of para-hydroxylation sites is 1. The second-order valence-corrected chi connectivity index (χ2v) is 8.94. The molecule has 2 heterocycles. The molecule has 0 unspecified atom stereocenters. The number of nitrogens with zero attached hydrogens (tertiary/aromatic N) is 3. The Morgan fingerprint density at radius 3 is 2.43 bits per heavy atom. The van der Waals surface area contributed by atoms with Gasteiger partial charge in [0.25, 0.3) is 5.91 Å². The number of halogens is 3. The molecule has 1 N–H and O–H groups in total. The van der Waals surface area contributed by atoms with Gasteiger partial charge >= 0.3 is 6.18 Å². The van der Waals surface area contributed by atoms with Crippen molar-refractivity contribution in [2.75, 3.05) is 19.8 Å². The van der Waals surface area contributed by atoms with Crippen molar-refractivity contribution in [3.05, 3.63) is 58.7 Å². The fraction of sp³-hybridized carbons (Fsp3) is 0.280. The summed E-state index contributed by atoms with van der Waals surface area (Å²) in [4.78, 5) is 16.2. The quantitative estimate of drug-likeness (QED) is 0.364. The first-order valence-corrected chi connectivity index (χ1v) is 12.1. The van der Waals surface area contributed by atoms with Gasteiger partial charge in [-0.3, -0.25) is 10.2 Å². The smallest absolute Gasteiger partial charge is 0.441 e. The van der Waals surface area contributed by atoms with E-state index in [4.69, 9.17) is 19.6 Å². The van der Waals surface area contributed by atoms with Crippen molar-refractivity contribution >= 4 is 39.8 Å². The number of amides is 1. The Labute approximate surface area is 215 Å². The average Bonchev–Trinajstić information content (AvgIpc) is 3.27. The number of aryl methyl sites for hydroxylation is 2. The molecule has 0 aromatic heterocycles. The lowest BCUT2D eigenvalue weighted by atomic mass is 10.1. The first kappa shape index (κ1) is 26.3. The number of rotatable bonds is 8. The number of nitrogens with one attached hydrogen (secondary N) is 1. The number of hydrazone groups is 1. The van der Waals surface area contributed by atoms with Crippen LogP contribution in [0.2, 0.25) is 0 Å². The van der Waals surface area contributed by atoms with Crippen LogP contribution in [0.4, 0.5) is 13.2 Å². The molecule has 0 bridgehead atoms. The first-order chi connectivity index (χ1) is 17.6. The number of ether oxygens (including phenoxy) is 3. The number of thioether (sulfide) groups is 1. The molecule has 1 amide bonds. The fourth-order valence-electron chi connectivity index (χ4n) is 3.60. The summed E-state index contributed by atoms with van der Waals surface area (Å²) in [6, 6.07) is 10.8. The molecule has 2 aromatic rings. The molecule has 2 aliphatic heterocycles. The Bertz CT molecular complexity index is 1320. The van der Waals surface area contributed by atoms with Crippen molar-refractivity contribution in [2.45, 2.75) is 26.9 Å². The summed E-state index contributed by atoms with van der Waals surface area (Å²) >= 11 is 0.203. The highest BCUT2D eigenvalue weighted by Gasteiger charge is 2.46. The Morgan fingerprint density at radius 2 is 1.76 bits per heavy atom. The molecule has 8 nitrogen and oxygen atoms in total. The Balaban J connectivity index is 1.49. The minimum atomic E-state index is -4.70. The minimum absolute atomic E-state index is 0.199. The van der Waals surface area contributed by atoms with Crippen molar-refractivity contribution < 1.29 is 32.2 Å².